The number of sulfonamides is 1. The van der Waals surface area contributed by atoms with Crippen molar-refractivity contribution < 1.29 is 23.4 Å². The Morgan fingerprint density at radius 1 is 1.09 bits per heavy atom. The SMILES string of the molecule is Cc1ccc(S(=O)(=O)NC[C@@H]2O[C@@H](CO)[C@@H](O)[C@H]2N2CCN(c3ncccn3)CC2)cc1. The quantitative estimate of drug-likeness (QED) is 0.492. The van der Waals surface area contributed by atoms with Crippen LogP contribution in [0.3, 0.4) is 0 Å². The summed E-state index contributed by atoms with van der Waals surface area (Å²) in [6, 6.07) is 7.92. The molecule has 0 unspecified atom stereocenters. The van der Waals surface area contributed by atoms with Gasteiger partial charge in [-0.15, -0.1) is 0 Å². The van der Waals surface area contributed by atoms with E-state index in [1.165, 1.54) is 0 Å². The zero-order valence-electron chi connectivity index (χ0n) is 17.9. The van der Waals surface area contributed by atoms with E-state index in [9.17, 15) is 18.6 Å². The summed E-state index contributed by atoms with van der Waals surface area (Å²) in [6.45, 7) is 4.14. The van der Waals surface area contributed by atoms with Crippen LogP contribution in [-0.4, -0.2) is 97.2 Å². The van der Waals surface area contributed by atoms with Crippen LogP contribution in [0.5, 0.6) is 0 Å². The fraction of sp³-hybridized carbons (Fsp3) is 0.524. The lowest BCUT2D eigenvalue weighted by molar-refractivity contribution is -0.0201. The minimum absolute atomic E-state index is 0.00352. The maximum absolute atomic E-state index is 12.7. The van der Waals surface area contributed by atoms with E-state index in [2.05, 4.69) is 24.5 Å². The maximum atomic E-state index is 12.7. The van der Waals surface area contributed by atoms with Gasteiger partial charge in [0.2, 0.25) is 16.0 Å². The van der Waals surface area contributed by atoms with Gasteiger partial charge in [0.1, 0.15) is 12.2 Å². The molecule has 11 heteroatoms. The van der Waals surface area contributed by atoms with Gasteiger partial charge in [-0.1, -0.05) is 17.7 Å². The molecule has 2 saturated heterocycles. The Labute approximate surface area is 187 Å². The fourth-order valence-corrected chi connectivity index (χ4v) is 5.31. The summed E-state index contributed by atoms with van der Waals surface area (Å²) >= 11 is 0. The Morgan fingerprint density at radius 3 is 2.38 bits per heavy atom. The monoisotopic (exact) mass is 463 g/mol. The molecule has 0 saturated carbocycles. The highest BCUT2D eigenvalue weighted by atomic mass is 32.2. The molecule has 0 aliphatic carbocycles. The molecule has 1 aromatic heterocycles. The number of nitrogens with zero attached hydrogens (tertiary/aromatic N) is 4. The molecular formula is C21H29N5O5S. The third-order valence-corrected chi connectivity index (χ3v) is 7.46. The molecule has 174 valence electrons. The van der Waals surface area contributed by atoms with E-state index < -0.39 is 34.4 Å². The first kappa shape index (κ1) is 23.0. The number of aliphatic hydroxyl groups is 2. The molecule has 2 aliphatic rings. The topological polar surface area (TPSA) is 128 Å². The molecule has 0 bridgehead atoms. The summed E-state index contributed by atoms with van der Waals surface area (Å²) < 4.78 is 33.9. The van der Waals surface area contributed by atoms with Crippen molar-refractivity contribution in [3.05, 3.63) is 48.3 Å². The molecular weight excluding hydrogens is 434 g/mol. The third-order valence-electron chi connectivity index (χ3n) is 6.02. The Kier molecular flexibility index (Phi) is 7.03. The van der Waals surface area contributed by atoms with Crippen molar-refractivity contribution in [3.8, 4) is 0 Å². The highest BCUT2D eigenvalue weighted by Gasteiger charge is 2.47. The minimum Gasteiger partial charge on any atom is -0.394 e. The summed E-state index contributed by atoms with van der Waals surface area (Å²) in [5.74, 6) is 0.658. The standard InChI is InChI=1S/C21H29N5O5S/c1-15-3-5-16(6-4-15)32(29,30)24-13-17-19(20(28)18(14-27)31-17)25-9-11-26(12-10-25)21-22-7-2-8-23-21/h2-8,17-20,24,27-28H,9-14H2,1H3/t17-,18-,19-,20+/m0/s1. The van der Waals surface area contributed by atoms with Gasteiger partial charge in [-0.05, 0) is 25.1 Å². The minimum atomic E-state index is -3.72. The molecule has 4 atom stereocenters. The van der Waals surface area contributed by atoms with Crippen LogP contribution in [-0.2, 0) is 14.8 Å². The van der Waals surface area contributed by atoms with E-state index in [0.717, 1.165) is 5.56 Å². The van der Waals surface area contributed by atoms with Crippen molar-refractivity contribution in [2.24, 2.45) is 0 Å². The van der Waals surface area contributed by atoms with Gasteiger partial charge in [0.25, 0.3) is 0 Å². The highest BCUT2D eigenvalue weighted by molar-refractivity contribution is 7.89. The Morgan fingerprint density at radius 2 is 1.75 bits per heavy atom. The van der Waals surface area contributed by atoms with Crippen LogP contribution in [0.15, 0.2) is 47.6 Å². The predicted octanol–water partition coefficient (Wildman–Crippen LogP) is -0.625. The van der Waals surface area contributed by atoms with E-state index in [-0.39, 0.29) is 18.0 Å². The second-order valence-electron chi connectivity index (χ2n) is 8.11. The van der Waals surface area contributed by atoms with Crippen LogP contribution in [0.4, 0.5) is 5.95 Å². The second-order valence-corrected chi connectivity index (χ2v) is 9.88. The number of hydrogen-bond acceptors (Lipinski definition) is 9. The Balaban J connectivity index is 1.42. The van der Waals surface area contributed by atoms with Crippen molar-refractivity contribution >= 4 is 16.0 Å². The van der Waals surface area contributed by atoms with Gasteiger partial charge in [-0.2, -0.15) is 0 Å². The van der Waals surface area contributed by atoms with Gasteiger partial charge in [0.05, 0.1) is 23.6 Å². The predicted molar refractivity (Wildman–Crippen MR) is 118 cm³/mol. The number of piperazine rings is 1. The van der Waals surface area contributed by atoms with E-state index in [0.29, 0.717) is 32.1 Å². The summed E-state index contributed by atoms with van der Waals surface area (Å²) in [5, 5.41) is 20.4. The molecule has 0 radical (unpaired) electrons. The number of rotatable bonds is 7. The molecule has 3 heterocycles. The van der Waals surface area contributed by atoms with Gasteiger partial charge in [-0.25, -0.2) is 23.1 Å². The smallest absolute Gasteiger partial charge is 0.240 e. The molecule has 0 spiro atoms. The van der Waals surface area contributed by atoms with Crippen molar-refractivity contribution in [1.29, 1.82) is 0 Å². The summed E-state index contributed by atoms with van der Waals surface area (Å²) in [5.41, 5.74) is 0.970. The molecule has 2 aromatic rings. The Hall–Kier alpha value is -2.15. The molecule has 2 fully saturated rings. The molecule has 0 amide bonds. The lowest BCUT2D eigenvalue weighted by atomic mass is 10.0. The van der Waals surface area contributed by atoms with Crippen LogP contribution in [0, 0.1) is 6.92 Å². The number of nitrogens with one attached hydrogen (secondary N) is 1. The third kappa shape index (κ3) is 4.92. The van der Waals surface area contributed by atoms with E-state index in [1.54, 1.807) is 42.7 Å². The summed E-state index contributed by atoms with van der Waals surface area (Å²) in [4.78, 5) is 12.9. The number of aryl methyl sites for hydroxylation is 1. The zero-order chi connectivity index (χ0) is 22.7. The first-order valence-electron chi connectivity index (χ1n) is 10.7. The first-order chi connectivity index (χ1) is 15.4. The number of benzene rings is 1. The van der Waals surface area contributed by atoms with Crippen molar-refractivity contribution in [2.45, 2.75) is 36.2 Å². The van der Waals surface area contributed by atoms with E-state index in [1.807, 2.05) is 6.92 Å². The summed E-state index contributed by atoms with van der Waals surface area (Å²) in [6.07, 6.45) is 1.12. The maximum Gasteiger partial charge on any atom is 0.240 e. The van der Waals surface area contributed by atoms with Crippen LogP contribution < -0.4 is 9.62 Å². The average Bonchev–Trinajstić information content (AvgIpc) is 3.14. The van der Waals surface area contributed by atoms with Gasteiger partial charge < -0.3 is 19.8 Å². The second kappa shape index (κ2) is 9.77. The number of aliphatic hydroxyl groups excluding tert-OH is 2. The normalized spacial score (nSPS) is 27.0. The summed E-state index contributed by atoms with van der Waals surface area (Å²) in [7, 11) is -3.72. The first-order valence-corrected chi connectivity index (χ1v) is 12.1. The van der Waals surface area contributed by atoms with Crippen molar-refractivity contribution in [1.82, 2.24) is 19.6 Å². The molecule has 1 aromatic carbocycles. The van der Waals surface area contributed by atoms with Gasteiger partial charge in [-0.3, -0.25) is 4.90 Å². The molecule has 10 nitrogen and oxygen atoms in total. The molecule has 4 rings (SSSR count). The molecule has 2 aliphatic heterocycles. The Bertz CT molecular complexity index is 983. The van der Waals surface area contributed by atoms with E-state index in [4.69, 9.17) is 4.74 Å². The molecule has 3 N–H and O–H groups in total. The average molecular weight is 464 g/mol. The number of ether oxygens (including phenoxy) is 1. The number of anilines is 1. The van der Waals surface area contributed by atoms with Crippen LogP contribution in [0.25, 0.3) is 0 Å². The highest BCUT2D eigenvalue weighted by Crippen LogP contribution is 2.27. The van der Waals surface area contributed by atoms with Gasteiger partial charge in [0, 0.05) is 45.1 Å². The number of aromatic nitrogens is 2. The number of hydrogen-bond donors (Lipinski definition) is 3. The van der Waals surface area contributed by atoms with Crippen molar-refractivity contribution in [3.63, 3.8) is 0 Å². The van der Waals surface area contributed by atoms with Crippen LogP contribution >= 0.6 is 0 Å². The van der Waals surface area contributed by atoms with Crippen molar-refractivity contribution in [2.75, 3.05) is 44.2 Å². The lowest BCUT2D eigenvalue weighted by Crippen LogP contribution is -2.57. The fourth-order valence-electron chi connectivity index (χ4n) is 4.26. The zero-order valence-corrected chi connectivity index (χ0v) is 18.7. The molecule has 32 heavy (non-hydrogen) atoms. The van der Waals surface area contributed by atoms with Gasteiger partial charge in [0.15, 0.2) is 0 Å². The van der Waals surface area contributed by atoms with Gasteiger partial charge >= 0.3 is 0 Å². The van der Waals surface area contributed by atoms with Crippen LogP contribution in [0.2, 0.25) is 0 Å². The lowest BCUT2D eigenvalue weighted by Gasteiger charge is -2.40. The van der Waals surface area contributed by atoms with E-state index >= 15 is 0 Å². The van der Waals surface area contributed by atoms with Crippen LogP contribution in [0.1, 0.15) is 5.56 Å². The largest absolute Gasteiger partial charge is 0.394 e.